The normalized spacial score (nSPS) is 13.6. The van der Waals surface area contributed by atoms with Crippen molar-refractivity contribution in [2.45, 2.75) is 12.3 Å². The second-order valence-corrected chi connectivity index (χ2v) is 7.07. The Morgan fingerprint density at radius 3 is 2.11 bits per heavy atom. The first kappa shape index (κ1) is 18.3. The van der Waals surface area contributed by atoms with Gasteiger partial charge in [0.1, 0.15) is 17.9 Å². The quantitative estimate of drug-likeness (QED) is 0.633. The van der Waals surface area contributed by atoms with Crippen LogP contribution in [0.2, 0.25) is 0 Å². The van der Waals surface area contributed by atoms with Gasteiger partial charge in [-0.2, -0.15) is 0 Å². The molecule has 1 aliphatic rings. The maximum Gasteiger partial charge on any atom is 0.339 e. The number of fused-ring (bicyclic) bond motifs is 3. The van der Waals surface area contributed by atoms with Crippen molar-refractivity contribution in [3.63, 3.8) is 0 Å². The highest BCUT2D eigenvalue weighted by Crippen LogP contribution is 2.52. The second kappa shape index (κ2) is 7.13. The predicted octanol–water partition coefficient (Wildman–Crippen LogP) is 4.74. The molecule has 0 fully saturated rings. The molecule has 0 heterocycles. The van der Waals surface area contributed by atoms with Crippen molar-refractivity contribution in [3.8, 4) is 16.9 Å². The number of carboxylic acids is 1. The van der Waals surface area contributed by atoms with Gasteiger partial charge in [0.25, 0.3) is 0 Å². The van der Waals surface area contributed by atoms with Crippen LogP contribution < -0.4 is 4.74 Å². The zero-order valence-corrected chi connectivity index (χ0v) is 15.9. The molecule has 0 atom stereocenters. The average Bonchev–Trinajstić information content (AvgIpc) is 2.99. The monoisotopic (exact) mass is 374 g/mol. The number of carbonyl (C=O) groups is 1. The van der Waals surface area contributed by atoms with E-state index in [0.717, 1.165) is 5.56 Å². The van der Waals surface area contributed by atoms with Gasteiger partial charge in [0, 0.05) is 12.5 Å². The molecule has 142 valence electrons. The van der Waals surface area contributed by atoms with Crippen LogP contribution in [0.15, 0.2) is 66.7 Å². The predicted molar refractivity (Wildman–Crippen MR) is 108 cm³/mol. The molecule has 28 heavy (non-hydrogen) atoms. The van der Waals surface area contributed by atoms with E-state index in [2.05, 4.69) is 31.2 Å². The standard InChI is InChI=1S/C24H22O4/c1-24(16-11-12-22(28-14-13-27-2)19(15-16)23(25)26)20-9-5-3-7-17(20)18-8-4-6-10-21(18)24/h3-12,15H,13-14H2,1-2H3,(H,25,26). The Bertz CT molecular complexity index is 993. The van der Waals surface area contributed by atoms with E-state index in [0.29, 0.717) is 19.0 Å². The van der Waals surface area contributed by atoms with Gasteiger partial charge in [0.15, 0.2) is 0 Å². The lowest BCUT2D eigenvalue weighted by atomic mass is 9.74. The molecule has 0 aromatic heterocycles. The fraction of sp³-hybridized carbons (Fsp3) is 0.208. The SMILES string of the molecule is COCCOc1ccc(C2(C)c3ccccc3-c3ccccc32)cc1C(=O)O. The Morgan fingerprint density at radius 1 is 0.929 bits per heavy atom. The summed E-state index contributed by atoms with van der Waals surface area (Å²) in [5.41, 5.74) is 5.41. The van der Waals surface area contributed by atoms with Crippen LogP contribution in [0.25, 0.3) is 11.1 Å². The van der Waals surface area contributed by atoms with Gasteiger partial charge in [-0.05, 0) is 46.9 Å². The summed E-state index contributed by atoms with van der Waals surface area (Å²) in [5.74, 6) is -0.645. The Balaban J connectivity index is 1.87. The van der Waals surface area contributed by atoms with Crippen molar-refractivity contribution in [1.82, 2.24) is 0 Å². The molecule has 3 aromatic rings. The minimum absolute atomic E-state index is 0.164. The maximum atomic E-state index is 11.9. The molecule has 0 unspecified atom stereocenters. The van der Waals surface area contributed by atoms with Gasteiger partial charge in [-0.25, -0.2) is 4.79 Å². The molecule has 3 aromatic carbocycles. The van der Waals surface area contributed by atoms with Crippen molar-refractivity contribution < 1.29 is 19.4 Å². The summed E-state index contributed by atoms with van der Waals surface area (Å²) in [6.07, 6.45) is 0. The van der Waals surface area contributed by atoms with Crippen molar-refractivity contribution in [2.24, 2.45) is 0 Å². The molecule has 4 rings (SSSR count). The van der Waals surface area contributed by atoms with Gasteiger partial charge in [-0.1, -0.05) is 54.6 Å². The Labute approximate surface area is 164 Å². The topological polar surface area (TPSA) is 55.8 Å². The van der Waals surface area contributed by atoms with Crippen LogP contribution in [0, 0.1) is 0 Å². The van der Waals surface area contributed by atoms with Gasteiger partial charge < -0.3 is 14.6 Å². The Hall–Kier alpha value is -3.11. The number of rotatable bonds is 6. The van der Waals surface area contributed by atoms with Gasteiger partial charge in [-0.3, -0.25) is 0 Å². The van der Waals surface area contributed by atoms with E-state index in [1.54, 1.807) is 19.2 Å². The highest BCUT2D eigenvalue weighted by atomic mass is 16.5. The number of benzene rings is 3. The van der Waals surface area contributed by atoms with E-state index in [1.165, 1.54) is 22.3 Å². The van der Waals surface area contributed by atoms with Gasteiger partial charge in [0.05, 0.1) is 6.61 Å². The first-order valence-corrected chi connectivity index (χ1v) is 9.26. The molecule has 0 radical (unpaired) electrons. The molecule has 0 bridgehead atoms. The number of aromatic carboxylic acids is 1. The van der Waals surface area contributed by atoms with Crippen molar-refractivity contribution in [1.29, 1.82) is 0 Å². The van der Waals surface area contributed by atoms with Crippen molar-refractivity contribution in [2.75, 3.05) is 20.3 Å². The lowest BCUT2D eigenvalue weighted by Crippen LogP contribution is -2.23. The third-order valence-electron chi connectivity index (χ3n) is 5.55. The smallest absolute Gasteiger partial charge is 0.339 e. The van der Waals surface area contributed by atoms with Gasteiger partial charge in [0.2, 0.25) is 0 Å². The van der Waals surface area contributed by atoms with E-state index in [9.17, 15) is 9.90 Å². The molecule has 0 saturated heterocycles. The van der Waals surface area contributed by atoms with E-state index < -0.39 is 11.4 Å². The molecular weight excluding hydrogens is 352 g/mol. The average molecular weight is 374 g/mol. The molecule has 0 saturated carbocycles. The minimum Gasteiger partial charge on any atom is -0.490 e. The number of hydrogen-bond donors (Lipinski definition) is 1. The first-order chi connectivity index (χ1) is 13.6. The largest absolute Gasteiger partial charge is 0.490 e. The third-order valence-corrected chi connectivity index (χ3v) is 5.55. The summed E-state index contributed by atoms with van der Waals surface area (Å²) in [6.45, 7) is 2.86. The van der Waals surface area contributed by atoms with E-state index in [1.807, 2.05) is 30.3 Å². The summed E-state index contributed by atoms with van der Waals surface area (Å²) in [5, 5.41) is 9.75. The van der Waals surface area contributed by atoms with Crippen LogP contribution in [0.4, 0.5) is 0 Å². The summed E-state index contributed by atoms with van der Waals surface area (Å²) in [6, 6.07) is 22.1. The van der Waals surface area contributed by atoms with Crippen molar-refractivity contribution >= 4 is 5.97 Å². The van der Waals surface area contributed by atoms with Crippen LogP contribution >= 0.6 is 0 Å². The lowest BCUT2D eigenvalue weighted by molar-refractivity contribution is 0.0689. The molecule has 4 heteroatoms. The molecule has 1 N–H and O–H groups in total. The highest BCUT2D eigenvalue weighted by molar-refractivity contribution is 5.92. The number of carboxylic acid groups (broad SMARTS) is 1. The van der Waals surface area contributed by atoms with Crippen LogP contribution in [-0.4, -0.2) is 31.4 Å². The zero-order chi connectivity index (χ0) is 19.7. The van der Waals surface area contributed by atoms with Crippen LogP contribution in [-0.2, 0) is 10.2 Å². The molecule has 4 nitrogen and oxygen atoms in total. The summed E-state index contributed by atoms with van der Waals surface area (Å²) in [4.78, 5) is 11.9. The maximum absolute atomic E-state index is 11.9. The van der Waals surface area contributed by atoms with Gasteiger partial charge >= 0.3 is 5.97 Å². The zero-order valence-electron chi connectivity index (χ0n) is 15.9. The van der Waals surface area contributed by atoms with Crippen molar-refractivity contribution in [3.05, 3.63) is 89.0 Å². The Kier molecular flexibility index (Phi) is 4.65. The number of hydrogen-bond acceptors (Lipinski definition) is 3. The number of ether oxygens (including phenoxy) is 2. The summed E-state index contributed by atoms with van der Waals surface area (Å²) < 4.78 is 10.6. The fourth-order valence-electron chi connectivity index (χ4n) is 4.13. The summed E-state index contributed by atoms with van der Waals surface area (Å²) in [7, 11) is 1.58. The van der Waals surface area contributed by atoms with Crippen LogP contribution in [0.1, 0.15) is 34.0 Å². The minimum atomic E-state index is -1.00. The molecular formula is C24H22O4. The number of methoxy groups -OCH3 is 1. The highest BCUT2D eigenvalue weighted by Gasteiger charge is 2.40. The molecule has 0 amide bonds. The van der Waals surface area contributed by atoms with Gasteiger partial charge in [-0.15, -0.1) is 0 Å². The Morgan fingerprint density at radius 2 is 1.54 bits per heavy atom. The van der Waals surface area contributed by atoms with E-state index in [-0.39, 0.29) is 5.56 Å². The lowest BCUT2D eigenvalue weighted by Gasteiger charge is -2.29. The molecule has 0 aliphatic heterocycles. The molecule has 0 spiro atoms. The summed E-state index contributed by atoms with van der Waals surface area (Å²) >= 11 is 0. The van der Waals surface area contributed by atoms with E-state index in [4.69, 9.17) is 9.47 Å². The third kappa shape index (κ3) is 2.77. The fourth-order valence-corrected chi connectivity index (χ4v) is 4.13. The van der Waals surface area contributed by atoms with E-state index >= 15 is 0 Å². The van der Waals surface area contributed by atoms with Crippen LogP contribution in [0.3, 0.4) is 0 Å². The molecule has 1 aliphatic carbocycles. The van der Waals surface area contributed by atoms with Crippen LogP contribution in [0.5, 0.6) is 5.75 Å². The second-order valence-electron chi connectivity index (χ2n) is 7.07. The first-order valence-electron chi connectivity index (χ1n) is 9.26.